The fourth-order valence-corrected chi connectivity index (χ4v) is 2.68. The highest BCUT2D eigenvalue weighted by Crippen LogP contribution is 2.14. The highest BCUT2D eigenvalue weighted by atomic mass is 32.2. The molecule has 3 N–H and O–H groups in total. The third-order valence-corrected chi connectivity index (χ3v) is 4.03. The van der Waals surface area contributed by atoms with Gasteiger partial charge in [-0.15, -0.1) is 0 Å². The molecule has 2 aromatic heterocycles. The molecule has 0 spiro atoms. The van der Waals surface area contributed by atoms with Gasteiger partial charge in [-0.25, -0.2) is 14.4 Å². The van der Waals surface area contributed by atoms with Crippen molar-refractivity contribution in [1.82, 2.24) is 19.9 Å². The van der Waals surface area contributed by atoms with Gasteiger partial charge < -0.3 is 10.3 Å². The number of anilines is 1. The largest absolute Gasteiger partial charge is 0.325 e. The number of halogens is 1. The Balaban J connectivity index is 1.75. The first-order chi connectivity index (χ1) is 11.9. The van der Waals surface area contributed by atoms with Gasteiger partial charge in [0.15, 0.2) is 16.3 Å². The van der Waals surface area contributed by atoms with Crippen molar-refractivity contribution >= 4 is 34.5 Å². The average Bonchev–Trinajstić information content (AvgIpc) is 2.55. The SMILES string of the molecule is Cc1nc2c(=O)[nH]c(SCC(=O)Nc3cccc(F)c3)nc2[nH]c1=O. The summed E-state index contributed by atoms with van der Waals surface area (Å²) in [6.45, 7) is 1.48. The molecule has 0 saturated carbocycles. The molecule has 3 rings (SSSR count). The summed E-state index contributed by atoms with van der Waals surface area (Å²) in [6, 6.07) is 5.49. The molecule has 3 aromatic rings. The third kappa shape index (κ3) is 3.91. The van der Waals surface area contributed by atoms with Gasteiger partial charge in [-0.05, 0) is 25.1 Å². The maximum absolute atomic E-state index is 13.1. The molecule has 0 radical (unpaired) electrons. The lowest BCUT2D eigenvalue weighted by Crippen LogP contribution is -2.20. The molecule has 0 fully saturated rings. The second kappa shape index (κ2) is 6.85. The van der Waals surface area contributed by atoms with Crippen LogP contribution in [0.4, 0.5) is 10.1 Å². The number of rotatable bonds is 4. The van der Waals surface area contributed by atoms with E-state index >= 15 is 0 Å². The second-order valence-electron chi connectivity index (χ2n) is 5.07. The van der Waals surface area contributed by atoms with Crippen molar-refractivity contribution in [3.8, 4) is 0 Å². The lowest BCUT2D eigenvalue weighted by atomic mass is 10.3. The molecule has 128 valence electrons. The zero-order chi connectivity index (χ0) is 18.0. The number of carbonyl (C=O) groups is 1. The first-order valence-electron chi connectivity index (χ1n) is 7.11. The molecule has 1 amide bonds. The van der Waals surface area contributed by atoms with E-state index in [2.05, 4.69) is 25.3 Å². The summed E-state index contributed by atoms with van der Waals surface area (Å²) in [5, 5.41) is 2.69. The minimum Gasteiger partial charge on any atom is -0.325 e. The Labute approximate surface area is 143 Å². The van der Waals surface area contributed by atoms with Crippen LogP contribution in [0.25, 0.3) is 11.2 Å². The monoisotopic (exact) mass is 361 g/mol. The van der Waals surface area contributed by atoms with E-state index in [1.165, 1.54) is 25.1 Å². The van der Waals surface area contributed by atoms with Gasteiger partial charge in [-0.2, -0.15) is 0 Å². The van der Waals surface area contributed by atoms with Crippen molar-refractivity contribution < 1.29 is 9.18 Å². The van der Waals surface area contributed by atoms with Crippen molar-refractivity contribution in [1.29, 1.82) is 0 Å². The van der Waals surface area contributed by atoms with E-state index in [4.69, 9.17) is 0 Å². The highest BCUT2D eigenvalue weighted by Gasteiger charge is 2.10. The summed E-state index contributed by atoms with van der Waals surface area (Å²) >= 11 is 0.969. The number of carbonyl (C=O) groups excluding carboxylic acids is 1. The number of thioether (sulfide) groups is 1. The van der Waals surface area contributed by atoms with Gasteiger partial charge in [0.05, 0.1) is 5.75 Å². The minimum atomic E-state index is -0.516. The zero-order valence-electron chi connectivity index (χ0n) is 12.9. The molecule has 2 heterocycles. The van der Waals surface area contributed by atoms with Gasteiger partial charge >= 0.3 is 0 Å². The van der Waals surface area contributed by atoms with Crippen LogP contribution in [0, 0.1) is 12.7 Å². The van der Waals surface area contributed by atoms with E-state index < -0.39 is 22.8 Å². The van der Waals surface area contributed by atoms with Gasteiger partial charge in [0, 0.05) is 5.69 Å². The van der Waals surface area contributed by atoms with Crippen LogP contribution in [-0.4, -0.2) is 31.6 Å². The number of benzene rings is 1. The first kappa shape index (κ1) is 16.8. The topological polar surface area (TPSA) is 121 Å². The standard InChI is InChI=1S/C15H12FN5O3S/c1-7-13(23)19-12-11(17-7)14(24)21-15(20-12)25-6-10(22)18-9-4-2-3-8(16)5-9/h2-5H,6H2,1H3,(H,18,22)(H2,19,20,21,23,24). The molecular weight excluding hydrogens is 349 g/mol. The molecular formula is C15H12FN5O3S. The van der Waals surface area contributed by atoms with E-state index in [9.17, 15) is 18.8 Å². The number of aryl methyl sites for hydroxylation is 1. The van der Waals surface area contributed by atoms with Crippen molar-refractivity contribution in [2.45, 2.75) is 12.1 Å². The quantitative estimate of drug-likeness (QED) is 0.474. The Morgan fingerprint density at radius 2 is 2.04 bits per heavy atom. The number of H-pyrrole nitrogens is 2. The number of nitrogens with one attached hydrogen (secondary N) is 3. The second-order valence-corrected chi connectivity index (χ2v) is 6.03. The smallest absolute Gasteiger partial charge is 0.279 e. The predicted octanol–water partition coefficient (Wildman–Crippen LogP) is 1.18. The van der Waals surface area contributed by atoms with E-state index in [1.54, 1.807) is 6.07 Å². The number of nitrogens with zero attached hydrogens (tertiary/aromatic N) is 2. The minimum absolute atomic E-state index is 0.0191. The number of amides is 1. The molecule has 0 saturated heterocycles. The highest BCUT2D eigenvalue weighted by molar-refractivity contribution is 7.99. The van der Waals surface area contributed by atoms with Crippen LogP contribution in [0.1, 0.15) is 5.69 Å². The van der Waals surface area contributed by atoms with Gasteiger partial charge in [0.2, 0.25) is 5.91 Å². The summed E-state index contributed by atoms with van der Waals surface area (Å²) in [5.74, 6) is -0.916. The number of hydrogen-bond acceptors (Lipinski definition) is 6. The normalized spacial score (nSPS) is 10.8. The maximum Gasteiger partial charge on any atom is 0.279 e. The predicted molar refractivity (Wildman–Crippen MR) is 91.3 cm³/mol. The van der Waals surface area contributed by atoms with E-state index in [0.717, 1.165) is 11.8 Å². The lowest BCUT2D eigenvalue weighted by Gasteiger charge is -2.05. The molecule has 0 atom stereocenters. The van der Waals surface area contributed by atoms with Gasteiger partial charge in [-0.3, -0.25) is 19.4 Å². The molecule has 0 aliphatic heterocycles. The Morgan fingerprint density at radius 1 is 1.24 bits per heavy atom. The maximum atomic E-state index is 13.1. The Morgan fingerprint density at radius 3 is 2.80 bits per heavy atom. The molecule has 1 aromatic carbocycles. The fourth-order valence-electron chi connectivity index (χ4n) is 2.02. The number of fused-ring (bicyclic) bond motifs is 1. The lowest BCUT2D eigenvalue weighted by molar-refractivity contribution is -0.113. The van der Waals surface area contributed by atoms with Crippen LogP contribution < -0.4 is 16.4 Å². The zero-order valence-corrected chi connectivity index (χ0v) is 13.7. The van der Waals surface area contributed by atoms with E-state index in [1.807, 2.05) is 0 Å². The molecule has 8 nitrogen and oxygen atoms in total. The molecule has 10 heteroatoms. The summed E-state index contributed by atoms with van der Waals surface area (Å²) in [7, 11) is 0. The van der Waals surface area contributed by atoms with Crippen LogP contribution >= 0.6 is 11.8 Å². The molecule has 25 heavy (non-hydrogen) atoms. The van der Waals surface area contributed by atoms with Crippen molar-refractivity contribution in [3.63, 3.8) is 0 Å². The van der Waals surface area contributed by atoms with Crippen LogP contribution in [0.3, 0.4) is 0 Å². The fraction of sp³-hybridized carbons (Fsp3) is 0.133. The third-order valence-electron chi connectivity index (χ3n) is 3.16. The van der Waals surface area contributed by atoms with Crippen LogP contribution in [-0.2, 0) is 4.79 Å². The van der Waals surface area contributed by atoms with E-state index in [0.29, 0.717) is 5.69 Å². The summed E-state index contributed by atoms with van der Waals surface area (Å²) in [6.07, 6.45) is 0. The first-order valence-corrected chi connectivity index (χ1v) is 8.10. The van der Waals surface area contributed by atoms with Crippen LogP contribution in [0.2, 0.25) is 0 Å². The molecule has 0 bridgehead atoms. The van der Waals surface area contributed by atoms with Crippen LogP contribution in [0.5, 0.6) is 0 Å². The van der Waals surface area contributed by atoms with Crippen molar-refractivity contribution in [2.75, 3.05) is 11.1 Å². The van der Waals surface area contributed by atoms with Crippen molar-refractivity contribution in [3.05, 3.63) is 56.5 Å². The number of aromatic nitrogens is 4. The Kier molecular flexibility index (Phi) is 4.61. The Hall–Kier alpha value is -3.01. The number of hydrogen-bond donors (Lipinski definition) is 3. The Bertz CT molecular complexity index is 1080. The van der Waals surface area contributed by atoms with Gasteiger partial charge in [0.25, 0.3) is 11.1 Å². The van der Waals surface area contributed by atoms with E-state index in [-0.39, 0.29) is 27.8 Å². The van der Waals surface area contributed by atoms with Crippen molar-refractivity contribution in [2.24, 2.45) is 0 Å². The summed E-state index contributed by atoms with van der Waals surface area (Å²) < 4.78 is 13.1. The molecule has 0 unspecified atom stereocenters. The van der Waals surface area contributed by atoms with Gasteiger partial charge in [-0.1, -0.05) is 17.8 Å². The molecule has 0 aliphatic carbocycles. The van der Waals surface area contributed by atoms with Crippen LogP contribution in [0.15, 0.2) is 39.0 Å². The summed E-state index contributed by atoms with van der Waals surface area (Å²) in [5.41, 5.74) is -0.398. The number of aromatic amines is 2. The summed E-state index contributed by atoms with van der Waals surface area (Å²) in [4.78, 5) is 48.4. The molecule has 0 aliphatic rings. The average molecular weight is 361 g/mol. The van der Waals surface area contributed by atoms with Gasteiger partial charge in [0.1, 0.15) is 11.5 Å².